The van der Waals surface area contributed by atoms with Crippen LogP contribution in [0.4, 0.5) is 0 Å². The van der Waals surface area contributed by atoms with Gasteiger partial charge in [0.15, 0.2) is 0 Å². The van der Waals surface area contributed by atoms with E-state index in [1.807, 2.05) is 6.92 Å². The predicted octanol–water partition coefficient (Wildman–Crippen LogP) is 0.657. The predicted molar refractivity (Wildman–Crippen MR) is 57.0 cm³/mol. The number of rotatable bonds is 8. The van der Waals surface area contributed by atoms with E-state index >= 15 is 0 Å². The van der Waals surface area contributed by atoms with Gasteiger partial charge in [-0.1, -0.05) is 0 Å². The van der Waals surface area contributed by atoms with Crippen molar-refractivity contribution in [1.29, 1.82) is 0 Å². The highest BCUT2D eigenvalue weighted by atomic mass is 16.5. The Balaban J connectivity index is 3.18. The number of hydrogen-bond acceptors (Lipinski definition) is 3. The molecule has 1 unspecified atom stereocenters. The van der Waals surface area contributed by atoms with Gasteiger partial charge in [-0.2, -0.15) is 0 Å². The summed E-state index contributed by atoms with van der Waals surface area (Å²) in [7, 11) is 1.68. The van der Waals surface area contributed by atoms with Crippen molar-refractivity contribution in [3.63, 3.8) is 0 Å². The van der Waals surface area contributed by atoms with E-state index in [9.17, 15) is 4.79 Å². The van der Waals surface area contributed by atoms with E-state index in [2.05, 4.69) is 5.32 Å². The third-order valence-corrected chi connectivity index (χ3v) is 1.92. The van der Waals surface area contributed by atoms with E-state index in [0.29, 0.717) is 6.42 Å². The molecule has 0 aliphatic rings. The molecule has 0 heterocycles. The zero-order valence-electron chi connectivity index (χ0n) is 9.21. The second kappa shape index (κ2) is 8.97. The molecule has 4 heteroatoms. The fourth-order valence-corrected chi connectivity index (χ4v) is 1.05. The van der Waals surface area contributed by atoms with Crippen LogP contribution in [0.1, 0.15) is 32.6 Å². The summed E-state index contributed by atoms with van der Waals surface area (Å²) in [5.41, 5.74) is 5.54. The largest absolute Gasteiger partial charge is 0.385 e. The molecule has 0 radical (unpaired) electrons. The number of nitrogens with two attached hydrogens (primary N) is 1. The van der Waals surface area contributed by atoms with E-state index in [1.54, 1.807) is 7.11 Å². The van der Waals surface area contributed by atoms with Gasteiger partial charge in [0, 0.05) is 32.7 Å². The topological polar surface area (TPSA) is 64.3 Å². The number of carbonyl (C=O) groups excluding carboxylic acids is 1. The average molecular weight is 202 g/mol. The van der Waals surface area contributed by atoms with Gasteiger partial charge in [-0.3, -0.25) is 4.79 Å². The lowest BCUT2D eigenvalue weighted by Crippen LogP contribution is -2.26. The monoisotopic (exact) mass is 202 g/mol. The number of hydrogen-bond donors (Lipinski definition) is 2. The Hall–Kier alpha value is -0.610. The molecule has 1 atom stereocenters. The maximum absolute atomic E-state index is 11.2. The minimum atomic E-state index is 0.0970. The van der Waals surface area contributed by atoms with Gasteiger partial charge in [0.05, 0.1) is 0 Å². The van der Waals surface area contributed by atoms with E-state index in [0.717, 1.165) is 32.4 Å². The lowest BCUT2D eigenvalue weighted by molar-refractivity contribution is -0.121. The molecule has 14 heavy (non-hydrogen) atoms. The summed E-state index contributed by atoms with van der Waals surface area (Å²) < 4.78 is 4.90. The Morgan fingerprint density at radius 2 is 2.21 bits per heavy atom. The zero-order chi connectivity index (χ0) is 10.8. The van der Waals surface area contributed by atoms with E-state index < -0.39 is 0 Å². The highest BCUT2D eigenvalue weighted by Gasteiger charge is 2.01. The Kier molecular flexibility index (Phi) is 8.57. The first kappa shape index (κ1) is 13.4. The maximum Gasteiger partial charge on any atom is 0.220 e. The van der Waals surface area contributed by atoms with Crippen molar-refractivity contribution in [2.75, 3.05) is 20.3 Å². The molecule has 0 aromatic carbocycles. The third-order valence-electron chi connectivity index (χ3n) is 1.92. The summed E-state index contributed by atoms with van der Waals surface area (Å²) in [6.07, 6.45) is 3.24. The Morgan fingerprint density at radius 1 is 1.50 bits per heavy atom. The number of amides is 1. The summed E-state index contributed by atoms with van der Waals surface area (Å²) in [4.78, 5) is 11.2. The fraction of sp³-hybridized carbons (Fsp3) is 0.900. The van der Waals surface area contributed by atoms with Gasteiger partial charge in [0.2, 0.25) is 5.91 Å². The molecule has 0 saturated heterocycles. The Labute approximate surface area is 86.2 Å². The number of nitrogens with one attached hydrogen (secondary N) is 1. The van der Waals surface area contributed by atoms with Crippen LogP contribution in [-0.4, -0.2) is 32.2 Å². The maximum atomic E-state index is 11.2. The van der Waals surface area contributed by atoms with Crippen LogP contribution in [0.3, 0.4) is 0 Å². The molecule has 0 aromatic rings. The summed E-state index contributed by atoms with van der Waals surface area (Å²) in [5, 5.41) is 2.85. The summed E-state index contributed by atoms with van der Waals surface area (Å²) in [6, 6.07) is 0.106. The molecule has 1 amide bonds. The van der Waals surface area contributed by atoms with Crippen LogP contribution < -0.4 is 11.1 Å². The zero-order valence-corrected chi connectivity index (χ0v) is 9.21. The molecular weight excluding hydrogens is 180 g/mol. The molecule has 0 aliphatic carbocycles. The van der Waals surface area contributed by atoms with Gasteiger partial charge in [0.1, 0.15) is 0 Å². The molecular formula is C10H22N2O2. The summed E-state index contributed by atoms with van der Waals surface area (Å²) >= 11 is 0. The molecule has 0 rings (SSSR count). The van der Waals surface area contributed by atoms with Gasteiger partial charge < -0.3 is 15.8 Å². The molecule has 0 aliphatic heterocycles. The molecule has 84 valence electrons. The number of carbonyl (C=O) groups is 1. The summed E-state index contributed by atoms with van der Waals surface area (Å²) in [6.45, 7) is 3.41. The molecule has 0 spiro atoms. The van der Waals surface area contributed by atoms with E-state index in [4.69, 9.17) is 10.5 Å². The lowest BCUT2D eigenvalue weighted by atomic mass is 10.2. The van der Waals surface area contributed by atoms with Crippen molar-refractivity contribution in [3.05, 3.63) is 0 Å². The minimum absolute atomic E-state index is 0.0970. The molecule has 0 fully saturated rings. The van der Waals surface area contributed by atoms with Crippen molar-refractivity contribution >= 4 is 5.91 Å². The van der Waals surface area contributed by atoms with Crippen LogP contribution in [0, 0.1) is 0 Å². The van der Waals surface area contributed by atoms with Gasteiger partial charge in [-0.25, -0.2) is 0 Å². The second-order valence-corrected chi connectivity index (χ2v) is 3.57. The normalized spacial score (nSPS) is 12.5. The first-order chi connectivity index (χ1) is 6.66. The van der Waals surface area contributed by atoms with Crippen LogP contribution in [0.15, 0.2) is 0 Å². The van der Waals surface area contributed by atoms with Gasteiger partial charge >= 0.3 is 0 Å². The SMILES string of the molecule is COCCCCNC(=O)CCC(C)N. The van der Waals surface area contributed by atoms with Crippen LogP contribution in [0.5, 0.6) is 0 Å². The highest BCUT2D eigenvalue weighted by Crippen LogP contribution is 1.93. The minimum Gasteiger partial charge on any atom is -0.385 e. The molecule has 4 nitrogen and oxygen atoms in total. The van der Waals surface area contributed by atoms with Crippen LogP contribution in [-0.2, 0) is 9.53 Å². The van der Waals surface area contributed by atoms with Gasteiger partial charge in [0.25, 0.3) is 0 Å². The van der Waals surface area contributed by atoms with Gasteiger partial charge in [-0.05, 0) is 26.2 Å². The third kappa shape index (κ3) is 9.48. The fourth-order valence-electron chi connectivity index (χ4n) is 1.05. The first-order valence-electron chi connectivity index (χ1n) is 5.18. The van der Waals surface area contributed by atoms with Gasteiger partial charge in [-0.15, -0.1) is 0 Å². The van der Waals surface area contributed by atoms with Crippen LogP contribution >= 0.6 is 0 Å². The van der Waals surface area contributed by atoms with Crippen molar-refractivity contribution in [3.8, 4) is 0 Å². The molecule has 0 saturated carbocycles. The lowest BCUT2D eigenvalue weighted by Gasteiger charge is -2.06. The molecule has 0 bridgehead atoms. The number of ether oxygens (including phenoxy) is 1. The van der Waals surface area contributed by atoms with Crippen molar-refractivity contribution in [2.24, 2.45) is 5.73 Å². The Bertz CT molecular complexity index is 149. The second-order valence-electron chi connectivity index (χ2n) is 3.57. The van der Waals surface area contributed by atoms with Crippen molar-refractivity contribution in [1.82, 2.24) is 5.32 Å². The molecule has 3 N–H and O–H groups in total. The quantitative estimate of drug-likeness (QED) is 0.568. The van der Waals surface area contributed by atoms with E-state index in [1.165, 1.54) is 0 Å². The number of unbranched alkanes of at least 4 members (excludes halogenated alkanes) is 1. The Morgan fingerprint density at radius 3 is 2.79 bits per heavy atom. The van der Waals surface area contributed by atoms with E-state index in [-0.39, 0.29) is 11.9 Å². The van der Waals surface area contributed by atoms with Crippen molar-refractivity contribution < 1.29 is 9.53 Å². The number of methoxy groups -OCH3 is 1. The van der Waals surface area contributed by atoms with Crippen LogP contribution in [0.2, 0.25) is 0 Å². The standard InChI is InChI=1S/C10H22N2O2/c1-9(11)5-6-10(13)12-7-3-4-8-14-2/h9H,3-8,11H2,1-2H3,(H,12,13). The smallest absolute Gasteiger partial charge is 0.220 e. The van der Waals surface area contributed by atoms with Crippen LogP contribution in [0.25, 0.3) is 0 Å². The van der Waals surface area contributed by atoms with Crippen molar-refractivity contribution in [2.45, 2.75) is 38.6 Å². The molecule has 0 aromatic heterocycles. The average Bonchev–Trinajstić information content (AvgIpc) is 2.14. The highest BCUT2D eigenvalue weighted by molar-refractivity contribution is 5.75. The first-order valence-corrected chi connectivity index (χ1v) is 5.18. The summed E-state index contributed by atoms with van der Waals surface area (Å²) in [5.74, 6) is 0.0970.